The highest BCUT2D eigenvalue weighted by Gasteiger charge is 2.25. The van der Waals surface area contributed by atoms with E-state index in [1.165, 1.54) is 12.3 Å². The summed E-state index contributed by atoms with van der Waals surface area (Å²) in [6.07, 6.45) is 3.40. The van der Waals surface area contributed by atoms with Gasteiger partial charge in [-0.15, -0.1) is 0 Å². The van der Waals surface area contributed by atoms with Crippen molar-refractivity contribution in [3.05, 3.63) is 29.6 Å². The van der Waals surface area contributed by atoms with Gasteiger partial charge in [0.15, 0.2) is 0 Å². The van der Waals surface area contributed by atoms with Crippen molar-refractivity contribution in [2.24, 2.45) is 11.8 Å². The fourth-order valence-electron chi connectivity index (χ4n) is 2.63. The number of rotatable bonds is 3. The van der Waals surface area contributed by atoms with Gasteiger partial charge in [-0.1, -0.05) is 13.8 Å². The Morgan fingerprint density at radius 1 is 1.35 bits per heavy atom. The molecule has 1 aliphatic heterocycles. The van der Waals surface area contributed by atoms with Crippen LogP contribution in [0.25, 0.3) is 0 Å². The quantitative estimate of drug-likeness (QED) is 0.919. The Bertz CT molecular complexity index is 506. The summed E-state index contributed by atoms with van der Waals surface area (Å²) in [5.74, 6) is 0.105. The molecule has 0 unspecified atom stereocenters. The average Bonchev–Trinajstić information content (AvgIpc) is 2.46. The lowest BCUT2D eigenvalue weighted by molar-refractivity contribution is 0.0667. The van der Waals surface area contributed by atoms with Crippen LogP contribution in [0.15, 0.2) is 18.3 Å². The molecule has 108 valence electrons. The molecule has 1 aromatic rings. The van der Waals surface area contributed by atoms with Crippen LogP contribution in [0, 0.1) is 11.8 Å². The number of carboxylic acids is 1. The zero-order valence-corrected chi connectivity index (χ0v) is 11.9. The molecule has 20 heavy (non-hydrogen) atoms. The number of aromatic carboxylic acids is 1. The van der Waals surface area contributed by atoms with Crippen LogP contribution in [0.1, 0.15) is 47.5 Å². The topological polar surface area (TPSA) is 70.5 Å². The number of hydrogen-bond acceptors (Lipinski definition) is 3. The van der Waals surface area contributed by atoms with Gasteiger partial charge in [-0.3, -0.25) is 4.79 Å². The summed E-state index contributed by atoms with van der Waals surface area (Å²) in [6, 6.07) is 2.92. The summed E-state index contributed by atoms with van der Waals surface area (Å²) in [4.78, 5) is 28.8. The van der Waals surface area contributed by atoms with E-state index in [9.17, 15) is 9.59 Å². The summed E-state index contributed by atoms with van der Waals surface area (Å²) in [5, 5.41) is 8.91. The SMILES string of the molecule is CC(C)C1CCN(C(=O)c2ccnc(C(=O)O)c2)CC1. The van der Waals surface area contributed by atoms with E-state index >= 15 is 0 Å². The minimum Gasteiger partial charge on any atom is -0.477 e. The molecule has 0 bridgehead atoms. The number of nitrogens with zero attached hydrogens (tertiary/aromatic N) is 2. The molecule has 0 radical (unpaired) electrons. The molecule has 0 spiro atoms. The maximum absolute atomic E-state index is 12.4. The Morgan fingerprint density at radius 2 is 2.00 bits per heavy atom. The van der Waals surface area contributed by atoms with Crippen molar-refractivity contribution in [1.82, 2.24) is 9.88 Å². The highest BCUT2D eigenvalue weighted by atomic mass is 16.4. The largest absolute Gasteiger partial charge is 0.477 e. The summed E-state index contributed by atoms with van der Waals surface area (Å²) in [6.45, 7) is 5.91. The van der Waals surface area contributed by atoms with Gasteiger partial charge in [-0.05, 0) is 36.8 Å². The van der Waals surface area contributed by atoms with Crippen LogP contribution in [-0.2, 0) is 0 Å². The van der Waals surface area contributed by atoms with Crippen LogP contribution in [0.3, 0.4) is 0 Å². The van der Waals surface area contributed by atoms with Crippen molar-refractivity contribution < 1.29 is 14.7 Å². The van der Waals surface area contributed by atoms with Gasteiger partial charge in [0.1, 0.15) is 5.69 Å². The molecule has 0 aliphatic carbocycles. The van der Waals surface area contributed by atoms with Crippen molar-refractivity contribution in [3.63, 3.8) is 0 Å². The van der Waals surface area contributed by atoms with E-state index in [1.807, 2.05) is 0 Å². The number of piperidine rings is 1. The van der Waals surface area contributed by atoms with Gasteiger partial charge >= 0.3 is 5.97 Å². The molecule has 0 aromatic carbocycles. The molecule has 1 N–H and O–H groups in total. The van der Waals surface area contributed by atoms with E-state index in [0.29, 0.717) is 17.4 Å². The number of likely N-dealkylation sites (tertiary alicyclic amines) is 1. The summed E-state index contributed by atoms with van der Waals surface area (Å²) in [5.41, 5.74) is 0.313. The fourth-order valence-corrected chi connectivity index (χ4v) is 2.63. The van der Waals surface area contributed by atoms with Gasteiger partial charge in [-0.25, -0.2) is 9.78 Å². The highest BCUT2D eigenvalue weighted by Crippen LogP contribution is 2.25. The minimum atomic E-state index is -1.11. The monoisotopic (exact) mass is 276 g/mol. The standard InChI is InChI=1S/C15H20N2O3/c1-10(2)11-4-7-17(8-5-11)14(18)12-3-6-16-13(9-12)15(19)20/h3,6,9-11H,4-5,7-8H2,1-2H3,(H,19,20). The van der Waals surface area contributed by atoms with E-state index in [1.54, 1.807) is 11.0 Å². The average molecular weight is 276 g/mol. The Morgan fingerprint density at radius 3 is 2.55 bits per heavy atom. The third kappa shape index (κ3) is 3.15. The maximum Gasteiger partial charge on any atom is 0.354 e. The van der Waals surface area contributed by atoms with Gasteiger partial charge < -0.3 is 10.0 Å². The van der Waals surface area contributed by atoms with Gasteiger partial charge in [0.05, 0.1) is 0 Å². The Balaban J connectivity index is 2.05. The minimum absolute atomic E-state index is 0.0899. The van der Waals surface area contributed by atoms with E-state index in [2.05, 4.69) is 18.8 Å². The first-order valence-electron chi connectivity index (χ1n) is 6.97. The van der Waals surface area contributed by atoms with Crippen LogP contribution >= 0.6 is 0 Å². The third-order valence-electron chi connectivity index (χ3n) is 4.00. The molecule has 1 aliphatic rings. The normalized spacial score (nSPS) is 16.4. The highest BCUT2D eigenvalue weighted by molar-refractivity contribution is 5.96. The summed E-state index contributed by atoms with van der Waals surface area (Å²) < 4.78 is 0. The van der Waals surface area contributed by atoms with E-state index in [0.717, 1.165) is 25.9 Å². The predicted molar refractivity (Wildman–Crippen MR) is 74.7 cm³/mol. The van der Waals surface area contributed by atoms with Crippen LogP contribution in [-0.4, -0.2) is 40.0 Å². The smallest absolute Gasteiger partial charge is 0.354 e. The number of carbonyl (C=O) groups is 2. The van der Waals surface area contributed by atoms with E-state index in [4.69, 9.17) is 5.11 Å². The molecule has 1 amide bonds. The number of amides is 1. The lowest BCUT2D eigenvalue weighted by Crippen LogP contribution is -2.39. The summed E-state index contributed by atoms with van der Waals surface area (Å²) in [7, 11) is 0. The van der Waals surface area contributed by atoms with Gasteiger partial charge in [0.2, 0.25) is 0 Å². The second kappa shape index (κ2) is 6.03. The van der Waals surface area contributed by atoms with Gasteiger partial charge in [0.25, 0.3) is 5.91 Å². The lowest BCUT2D eigenvalue weighted by Gasteiger charge is -2.33. The second-order valence-electron chi connectivity index (χ2n) is 5.61. The number of hydrogen-bond donors (Lipinski definition) is 1. The zero-order chi connectivity index (χ0) is 14.7. The first-order valence-corrected chi connectivity index (χ1v) is 6.97. The fraction of sp³-hybridized carbons (Fsp3) is 0.533. The number of aromatic nitrogens is 1. The van der Waals surface area contributed by atoms with E-state index in [-0.39, 0.29) is 11.6 Å². The number of pyridine rings is 1. The van der Waals surface area contributed by atoms with Crippen molar-refractivity contribution in [2.45, 2.75) is 26.7 Å². The molecule has 1 aromatic heterocycles. The molecular formula is C15H20N2O3. The molecule has 5 heteroatoms. The molecule has 0 atom stereocenters. The Kier molecular flexibility index (Phi) is 4.37. The zero-order valence-electron chi connectivity index (χ0n) is 11.9. The first kappa shape index (κ1) is 14.5. The third-order valence-corrected chi connectivity index (χ3v) is 4.00. The van der Waals surface area contributed by atoms with Gasteiger partial charge in [-0.2, -0.15) is 0 Å². The van der Waals surface area contributed by atoms with Crippen LogP contribution < -0.4 is 0 Å². The van der Waals surface area contributed by atoms with Crippen molar-refractivity contribution in [2.75, 3.05) is 13.1 Å². The molecular weight excluding hydrogens is 256 g/mol. The molecule has 2 rings (SSSR count). The molecule has 5 nitrogen and oxygen atoms in total. The molecule has 2 heterocycles. The Hall–Kier alpha value is -1.91. The van der Waals surface area contributed by atoms with Crippen molar-refractivity contribution >= 4 is 11.9 Å². The molecule has 0 saturated carbocycles. The molecule has 1 fully saturated rings. The number of carboxylic acid groups (broad SMARTS) is 1. The van der Waals surface area contributed by atoms with Crippen molar-refractivity contribution in [1.29, 1.82) is 0 Å². The second-order valence-corrected chi connectivity index (χ2v) is 5.61. The maximum atomic E-state index is 12.4. The van der Waals surface area contributed by atoms with Gasteiger partial charge in [0, 0.05) is 24.8 Å². The van der Waals surface area contributed by atoms with Crippen LogP contribution in [0.2, 0.25) is 0 Å². The first-order chi connectivity index (χ1) is 9.49. The Labute approximate surface area is 118 Å². The van der Waals surface area contributed by atoms with E-state index < -0.39 is 5.97 Å². The lowest BCUT2D eigenvalue weighted by atomic mass is 9.86. The summed E-state index contributed by atoms with van der Waals surface area (Å²) >= 11 is 0. The van der Waals surface area contributed by atoms with Crippen LogP contribution in [0.4, 0.5) is 0 Å². The van der Waals surface area contributed by atoms with Crippen molar-refractivity contribution in [3.8, 4) is 0 Å². The predicted octanol–water partition coefficient (Wildman–Crippen LogP) is 2.29. The molecule has 1 saturated heterocycles. The number of carbonyl (C=O) groups excluding carboxylic acids is 1. The van der Waals surface area contributed by atoms with Crippen LogP contribution in [0.5, 0.6) is 0 Å².